The fourth-order valence-corrected chi connectivity index (χ4v) is 7.93. The lowest BCUT2D eigenvalue weighted by Gasteiger charge is -2.27. The van der Waals surface area contributed by atoms with E-state index in [1.54, 1.807) is 12.3 Å². The molecule has 1 unspecified atom stereocenters. The quantitative estimate of drug-likeness (QED) is 0.0340. The van der Waals surface area contributed by atoms with Crippen molar-refractivity contribution >= 4 is 40.9 Å². The number of ketones is 2. The lowest BCUT2D eigenvalue weighted by Crippen LogP contribution is -2.47. The van der Waals surface area contributed by atoms with Gasteiger partial charge in [-0.05, 0) is 60.9 Å². The number of nitrogens with zero attached hydrogens (tertiary/aromatic N) is 6. The molecule has 7 rings (SSSR count). The normalized spacial score (nSPS) is 15.2. The SMILES string of the molecule is Cn1nc(C(F)(F)F)cc1-c1ccc(OCCCNC(=O)COCCOCCOCCn2cc(COc3cccc4c3C(=O)N(C3CCC(=O)CC3=O)C4=O)nn2)c(-c2ccc(Cl)c(C(F)(F)F)c2)c1O. The number of imide groups is 1. The van der Waals surface area contributed by atoms with Gasteiger partial charge in [-0.3, -0.25) is 33.6 Å². The van der Waals surface area contributed by atoms with E-state index in [0.29, 0.717) is 24.4 Å². The summed E-state index contributed by atoms with van der Waals surface area (Å²) in [5.74, 6) is -3.03. The number of alkyl halides is 6. The topological polar surface area (TPSA) is 216 Å². The van der Waals surface area contributed by atoms with Gasteiger partial charge in [0, 0.05) is 25.6 Å². The number of halogens is 7. The molecule has 0 spiro atoms. The molecule has 0 saturated heterocycles. The minimum Gasteiger partial charge on any atom is -0.506 e. The maximum atomic E-state index is 13.8. The lowest BCUT2D eigenvalue weighted by atomic mass is 9.92. The maximum Gasteiger partial charge on any atom is 0.435 e. The Bertz CT molecular complexity index is 2800. The Hall–Kier alpha value is -6.89. The predicted molar refractivity (Wildman–Crippen MR) is 235 cm³/mol. The predicted octanol–water partition coefficient (Wildman–Crippen LogP) is 6.24. The highest BCUT2D eigenvalue weighted by molar-refractivity contribution is 6.31. The van der Waals surface area contributed by atoms with Crippen LogP contribution in [0.25, 0.3) is 22.4 Å². The standard InChI is InChI=1S/C46H44ClF6N7O11/c1-58-34(22-38(56-58)46(51,52)53)29-8-11-37(40(42(29)64)26-6-9-32(47)31(20-26)45(48,49)50)70-14-3-12-54-39(63)25-69-19-18-68-17-16-67-15-13-59-23-27(55-57-59)24-71-36-5-2-4-30-41(36)44(66)60(43(30)65)33-10-7-28(61)21-35(33)62/h2,4-6,8-9,11,20,22-23,33,64H,3,7,10,12-19,21,24-25H2,1H3,(H,54,63). The van der Waals surface area contributed by atoms with Crippen LogP contribution in [0.1, 0.15) is 63.4 Å². The number of amides is 3. The minimum absolute atomic E-state index is 0.0417. The summed E-state index contributed by atoms with van der Waals surface area (Å²) in [6, 6.07) is 9.69. The van der Waals surface area contributed by atoms with Crippen LogP contribution in [0.5, 0.6) is 17.2 Å². The molecule has 3 amide bonds. The van der Waals surface area contributed by atoms with Crippen LogP contribution in [0.2, 0.25) is 5.02 Å². The number of ether oxygens (including phenoxy) is 5. The van der Waals surface area contributed by atoms with Crippen molar-refractivity contribution in [3.05, 3.63) is 93.9 Å². The van der Waals surface area contributed by atoms with Crippen molar-refractivity contribution in [3.8, 4) is 39.6 Å². The Morgan fingerprint density at radius 1 is 0.845 bits per heavy atom. The molecule has 1 aliphatic heterocycles. The van der Waals surface area contributed by atoms with Crippen LogP contribution in [0, 0.1) is 0 Å². The van der Waals surface area contributed by atoms with E-state index < -0.39 is 63.9 Å². The molecule has 71 heavy (non-hydrogen) atoms. The summed E-state index contributed by atoms with van der Waals surface area (Å²) >= 11 is 5.81. The minimum atomic E-state index is -4.87. The molecule has 1 saturated carbocycles. The third-order valence-corrected chi connectivity index (χ3v) is 11.4. The Balaban J connectivity index is 0.774. The van der Waals surface area contributed by atoms with Crippen molar-refractivity contribution < 1.29 is 79.1 Å². The monoisotopic (exact) mass is 1020 g/mol. The van der Waals surface area contributed by atoms with E-state index >= 15 is 0 Å². The summed E-state index contributed by atoms with van der Waals surface area (Å²) in [6.07, 6.45) is -7.96. The van der Waals surface area contributed by atoms with Crippen molar-refractivity contribution in [3.63, 3.8) is 0 Å². The average molecular weight is 1020 g/mol. The lowest BCUT2D eigenvalue weighted by molar-refractivity contribution is -0.141. The number of nitrogens with one attached hydrogen (secondary N) is 1. The Morgan fingerprint density at radius 3 is 2.30 bits per heavy atom. The summed E-state index contributed by atoms with van der Waals surface area (Å²) < 4.78 is 112. The van der Waals surface area contributed by atoms with Crippen LogP contribution >= 0.6 is 11.6 Å². The molecule has 25 heteroatoms. The highest BCUT2D eigenvalue weighted by atomic mass is 35.5. The number of fused-ring (bicyclic) bond motifs is 1. The van der Waals surface area contributed by atoms with Gasteiger partial charge in [0.25, 0.3) is 11.8 Å². The summed E-state index contributed by atoms with van der Waals surface area (Å²) in [4.78, 5) is 63.9. The van der Waals surface area contributed by atoms with E-state index in [9.17, 15) is 55.4 Å². The zero-order valence-corrected chi connectivity index (χ0v) is 38.4. The van der Waals surface area contributed by atoms with Crippen LogP contribution < -0.4 is 14.8 Å². The highest BCUT2D eigenvalue weighted by Gasteiger charge is 2.46. The molecule has 2 aromatic heterocycles. The molecule has 3 aromatic carbocycles. The van der Waals surface area contributed by atoms with Gasteiger partial charge in [0.1, 0.15) is 41.9 Å². The molecular formula is C46H44ClF6N7O11. The number of carbonyl (C=O) groups is 5. The number of hydrogen-bond acceptors (Lipinski definition) is 14. The molecule has 1 fully saturated rings. The third-order valence-electron chi connectivity index (χ3n) is 11.1. The van der Waals surface area contributed by atoms with Gasteiger partial charge in [-0.25, -0.2) is 4.68 Å². The highest BCUT2D eigenvalue weighted by Crippen LogP contribution is 2.47. The summed E-state index contributed by atoms with van der Waals surface area (Å²) in [5.41, 5.74) is -2.61. The van der Waals surface area contributed by atoms with Gasteiger partial charge in [-0.1, -0.05) is 28.9 Å². The summed E-state index contributed by atoms with van der Waals surface area (Å²) in [5, 5.41) is 24.9. The first kappa shape index (κ1) is 51.9. The molecule has 1 atom stereocenters. The van der Waals surface area contributed by atoms with Crippen molar-refractivity contribution in [2.75, 3.05) is 52.8 Å². The molecule has 1 aliphatic carbocycles. The number of carbonyl (C=O) groups excluding carboxylic acids is 5. The van der Waals surface area contributed by atoms with Gasteiger partial charge in [0.2, 0.25) is 5.91 Å². The van der Waals surface area contributed by atoms with Gasteiger partial charge in [0.05, 0.1) is 97.8 Å². The number of aromatic hydroxyl groups is 1. The second-order valence-electron chi connectivity index (χ2n) is 16.0. The van der Waals surface area contributed by atoms with Crippen molar-refractivity contribution in [2.45, 2.75) is 57.2 Å². The fraction of sp³-hybridized carbons (Fsp3) is 0.391. The molecule has 2 aliphatic rings. The smallest absolute Gasteiger partial charge is 0.435 e. The van der Waals surface area contributed by atoms with Gasteiger partial charge in [0.15, 0.2) is 11.5 Å². The number of phenols is 1. The van der Waals surface area contributed by atoms with Crippen molar-refractivity contribution in [2.24, 2.45) is 7.05 Å². The van der Waals surface area contributed by atoms with Crippen LogP contribution in [0.3, 0.4) is 0 Å². The number of phenolic OH excluding ortho intramolecular Hbond substituents is 1. The first-order valence-electron chi connectivity index (χ1n) is 21.9. The van der Waals surface area contributed by atoms with Gasteiger partial charge >= 0.3 is 12.4 Å². The Kier molecular flexibility index (Phi) is 16.4. The van der Waals surface area contributed by atoms with Gasteiger partial charge in [-0.15, -0.1) is 5.10 Å². The summed E-state index contributed by atoms with van der Waals surface area (Å²) in [7, 11) is 1.22. The summed E-state index contributed by atoms with van der Waals surface area (Å²) in [6.45, 7) is 0.984. The van der Waals surface area contributed by atoms with Crippen LogP contribution in [0.4, 0.5) is 26.3 Å². The number of aryl methyl sites for hydroxylation is 1. The number of aromatic nitrogens is 5. The zero-order chi connectivity index (χ0) is 51.0. The first-order valence-corrected chi connectivity index (χ1v) is 22.2. The van der Waals surface area contributed by atoms with Crippen LogP contribution in [-0.4, -0.2) is 123 Å². The Morgan fingerprint density at radius 2 is 1.58 bits per heavy atom. The molecule has 3 heterocycles. The molecular weight excluding hydrogens is 976 g/mol. The van der Waals surface area contributed by atoms with E-state index in [4.69, 9.17) is 35.3 Å². The largest absolute Gasteiger partial charge is 0.506 e. The Labute approximate surface area is 404 Å². The van der Waals surface area contributed by atoms with Crippen molar-refractivity contribution in [1.29, 1.82) is 0 Å². The number of benzene rings is 3. The molecule has 2 N–H and O–H groups in total. The second kappa shape index (κ2) is 22.5. The molecule has 18 nitrogen and oxygen atoms in total. The first-order chi connectivity index (χ1) is 33.8. The van der Waals surface area contributed by atoms with E-state index in [2.05, 4.69) is 20.7 Å². The van der Waals surface area contributed by atoms with Crippen LogP contribution in [-0.2, 0) is 61.1 Å². The van der Waals surface area contributed by atoms with Gasteiger partial charge in [-0.2, -0.15) is 31.4 Å². The van der Waals surface area contributed by atoms with E-state index in [1.807, 2.05) is 0 Å². The molecule has 5 aromatic rings. The van der Waals surface area contributed by atoms with Crippen LogP contribution in [0.15, 0.2) is 60.8 Å². The maximum absolute atomic E-state index is 13.8. The molecule has 378 valence electrons. The molecule has 0 bridgehead atoms. The fourth-order valence-electron chi connectivity index (χ4n) is 7.70. The zero-order valence-electron chi connectivity index (χ0n) is 37.6. The van der Waals surface area contributed by atoms with E-state index in [0.717, 1.165) is 15.6 Å². The second-order valence-corrected chi connectivity index (χ2v) is 16.5. The van der Waals surface area contributed by atoms with E-state index in [1.165, 1.54) is 42.1 Å². The van der Waals surface area contributed by atoms with E-state index in [-0.39, 0.29) is 136 Å². The number of Topliss-reactive ketones (excluding diaryl/α,β-unsaturated/α-hetero) is 2. The number of hydrogen-bond donors (Lipinski definition) is 2. The van der Waals surface area contributed by atoms with Crippen molar-refractivity contribution in [1.82, 2.24) is 35.0 Å². The average Bonchev–Trinajstić information content (AvgIpc) is 4.01. The van der Waals surface area contributed by atoms with Gasteiger partial charge < -0.3 is 34.1 Å². The number of rotatable bonds is 22. The third kappa shape index (κ3) is 12.5. The molecule has 0 radical (unpaired) electrons.